The largest absolute Gasteiger partial charge is 0.333 e. The molecule has 0 unspecified atom stereocenters. The summed E-state index contributed by atoms with van der Waals surface area (Å²) >= 11 is 5.82. The molecule has 7 nitrogen and oxygen atoms in total. The number of nitrogens with zero attached hydrogens (tertiary/aromatic N) is 2. The van der Waals surface area contributed by atoms with Crippen molar-refractivity contribution in [1.82, 2.24) is 9.62 Å². The van der Waals surface area contributed by atoms with Crippen LogP contribution in [0.2, 0.25) is 5.02 Å². The molecule has 9 heteroatoms. The third-order valence-electron chi connectivity index (χ3n) is 5.32. The van der Waals surface area contributed by atoms with E-state index in [1.807, 2.05) is 0 Å². The second-order valence-corrected chi connectivity index (χ2v) is 9.80. The fourth-order valence-corrected chi connectivity index (χ4v) is 4.99. The van der Waals surface area contributed by atoms with Gasteiger partial charge in [0.05, 0.1) is 37.1 Å². The second kappa shape index (κ2) is 7.76. The molecule has 27 heavy (non-hydrogen) atoms. The van der Waals surface area contributed by atoms with Gasteiger partial charge in [0.15, 0.2) is 6.54 Å². The molecule has 1 saturated heterocycles. The van der Waals surface area contributed by atoms with Gasteiger partial charge in [0.1, 0.15) is 5.54 Å². The maximum Gasteiger partial charge on any atom is 0.276 e. The smallest absolute Gasteiger partial charge is 0.276 e. The van der Waals surface area contributed by atoms with E-state index in [9.17, 15) is 18.5 Å². The van der Waals surface area contributed by atoms with Crippen LogP contribution in [0, 0.1) is 17.2 Å². The third-order valence-corrected chi connectivity index (χ3v) is 7.48. The fourth-order valence-electron chi connectivity index (χ4n) is 3.42. The zero-order valence-electron chi connectivity index (χ0n) is 15.2. The topological polar surface area (TPSA) is 94.7 Å². The number of carbonyl (C=O) groups is 1. The Hall–Kier alpha value is -1.66. The summed E-state index contributed by atoms with van der Waals surface area (Å²) in [7, 11) is -3.55. The lowest BCUT2D eigenvalue weighted by molar-refractivity contribution is -0.895. The van der Waals surface area contributed by atoms with E-state index in [-0.39, 0.29) is 23.3 Å². The highest BCUT2D eigenvalue weighted by molar-refractivity contribution is 7.89. The van der Waals surface area contributed by atoms with Crippen molar-refractivity contribution in [2.75, 3.05) is 32.7 Å². The van der Waals surface area contributed by atoms with Gasteiger partial charge >= 0.3 is 0 Å². The number of rotatable bonds is 6. The van der Waals surface area contributed by atoms with Crippen molar-refractivity contribution in [3.05, 3.63) is 29.3 Å². The van der Waals surface area contributed by atoms with E-state index in [0.29, 0.717) is 31.2 Å². The van der Waals surface area contributed by atoms with Crippen LogP contribution in [0.5, 0.6) is 0 Å². The molecule has 1 aromatic rings. The first kappa shape index (κ1) is 20.1. The Morgan fingerprint density at radius 2 is 1.93 bits per heavy atom. The van der Waals surface area contributed by atoms with Gasteiger partial charge in [-0.3, -0.25) is 4.79 Å². The third kappa shape index (κ3) is 4.61. The monoisotopic (exact) mass is 411 g/mol. The maximum absolute atomic E-state index is 12.7. The molecule has 146 valence electrons. The molecule has 0 radical (unpaired) electrons. The molecule has 3 rings (SSSR count). The Morgan fingerprint density at radius 1 is 1.33 bits per heavy atom. The van der Waals surface area contributed by atoms with Crippen molar-refractivity contribution < 1.29 is 18.1 Å². The van der Waals surface area contributed by atoms with Gasteiger partial charge in [-0.1, -0.05) is 11.6 Å². The summed E-state index contributed by atoms with van der Waals surface area (Å²) < 4.78 is 26.8. The molecular formula is C18H24ClN4O3S+. The summed E-state index contributed by atoms with van der Waals surface area (Å²) in [5.74, 6) is 0.0813. The first-order chi connectivity index (χ1) is 12.7. The van der Waals surface area contributed by atoms with Gasteiger partial charge < -0.3 is 10.2 Å². The van der Waals surface area contributed by atoms with Crippen molar-refractivity contribution >= 4 is 27.5 Å². The van der Waals surface area contributed by atoms with Gasteiger partial charge in [-0.15, -0.1) is 0 Å². The number of quaternary nitrogens is 1. The number of hydrogen-bond donors (Lipinski definition) is 2. The lowest BCUT2D eigenvalue weighted by Crippen LogP contribution is -3.16. The van der Waals surface area contributed by atoms with Crippen LogP contribution < -0.4 is 10.2 Å². The highest BCUT2D eigenvalue weighted by Crippen LogP contribution is 2.39. The van der Waals surface area contributed by atoms with Gasteiger partial charge in [-0.2, -0.15) is 9.57 Å². The lowest BCUT2D eigenvalue weighted by Gasteiger charge is -2.32. The van der Waals surface area contributed by atoms with Crippen LogP contribution in [0.4, 0.5) is 0 Å². The van der Waals surface area contributed by atoms with Gasteiger partial charge in [0.25, 0.3) is 5.91 Å². The van der Waals surface area contributed by atoms with Gasteiger partial charge in [0, 0.05) is 5.02 Å². The lowest BCUT2D eigenvalue weighted by atomic mass is 9.98. The van der Waals surface area contributed by atoms with E-state index in [0.717, 1.165) is 17.7 Å². The van der Waals surface area contributed by atoms with Gasteiger partial charge in [0.2, 0.25) is 10.0 Å². The molecule has 0 spiro atoms. The first-order valence-corrected chi connectivity index (χ1v) is 10.9. The molecule has 0 bridgehead atoms. The Bertz CT molecular complexity index is 840. The van der Waals surface area contributed by atoms with E-state index < -0.39 is 15.6 Å². The summed E-state index contributed by atoms with van der Waals surface area (Å²) in [5.41, 5.74) is -0.795. The molecule has 1 aromatic carbocycles. The van der Waals surface area contributed by atoms with E-state index in [1.54, 1.807) is 19.1 Å². The molecule has 1 heterocycles. The normalized spacial score (nSPS) is 21.2. The number of halogens is 1. The highest BCUT2D eigenvalue weighted by Gasteiger charge is 2.43. The van der Waals surface area contributed by atoms with Gasteiger partial charge in [-0.05, 0) is 49.9 Å². The summed E-state index contributed by atoms with van der Waals surface area (Å²) in [6.07, 6.45) is 1.94. The molecule has 2 N–H and O–H groups in total. The van der Waals surface area contributed by atoms with Gasteiger partial charge in [-0.25, -0.2) is 8.42 Å². The fraction of sp³-hybridized carbons (Fsp3) is 0.556. The Kier molecular flexibility index (Phi) is 5.77. The molecule has 1 atom stereocenters. The minimum atomic E-state index is -3.55. The van der Waals surface area contributed by atoms with Crippen molar-refractivity contribution in [3.63, 3.8) is 0 Å². The second-order valence-electron chi connectivity index (χ2n) is 7.42. The minimum Gasteiger partial charge on any atom is -0.333 e. The average molecular weight is 412 g/mol. The van der Waals surface area contributed by atoms with Crippen LogP contribution in [0.25, 0.3) is 0 Å². The first-order valence-electron chi connectivity index (χ1n) is 9.06. The molecule has 2 aliphatic rings. The van der Waals surface area contributed by atoms with Crippen molar-refractivity contribution in [2.45, 2.75) is 30.2 Å². The average Bonchev–Trinajstić information content (AvgIpc) is 3.48. The SMILES string of the molecule is C[C@@](C#N)(NC(=O)C[NH+]1CCN(S(=O)(=O)c2ccc(Cl)cc2)CC1)C1CC1. The number of benzene rings is 1. The van der Waals surface area contributed by atoms with Crippen LogP contribution >= 0.6 is 11.6 Å². The summed E-state index contributed by atoms with van der Waals surface area (Å²) in [4.78, 5) is 13.6. The van der Waals surface area contributed by atoms with Crippen molar-refractivity contribution in [1.29, 1.82) is 5.26 Å². The standard InChI is InChI=1S/C18H23ClN4O3S/c1-18(13-20,14-2-3-14)21-17(24)12-22-8-10-23(11-9-22)27(25,26)16-6-4-15(19)5-7-16/h4-7,14H,2-3,8-12H2,1H3,(H,21,24)/p+1/t18-/m0/s1. The predicted molar refractivity (Wildman–Crippen MR) is 101 cm³/mol. The number of hydrogen-bond acceptors (Lipinski definition) is 4. The Balaban J connectivity index is 1.53. The predicted octanol–water partition coefficient (Wildman–Crippen LogP) is 0.0377. The quantitative estimate of drug-likeness (QED) is 0.690. The number of carbonyl (C=O) groups excluding carboxylic acids is 1. The van der Waals surface area contributed by atoms with Crippen LogP contribution in [0.1, 0.15) is 19.8 Å². The Labute approximate surface area is 164 Å². The molecular weight excluding hydrogens is 388 g/mol. The van der Waals surface area contributed by atoms with Crippen molar-refractivity contribution in [3.8, 4) is 6.07 Å². The zero-order chi connectivity index (χ0) is 19.7. The minimum absolute atomic E-state index is 0.157. The van der Waals surface area contributed by atoms with E-state index in [4.69, 9.17) is 11.6 Å². The molecule has 1 aliphatic carbocycles. The highest BCUT2D eigenvalue weighted by atomic mass is 35.5. The van der Waals surface area contributed by atoms with Crippen molar-refractivity contribution in [2.24, 2.45) is 5.92 Å². The van der Waals surface area contributed by atoms with Crippen LogP contribution in [-0.4, -0.2) is 56.9 Å². The van der Waals surface area contributed by atoms with E-state index in [2.05, 4.69) is 11.4 Å². The molecule has 0 aromatic heterocycles. The van der Waals surface area contributed by atoms with E-state index >= 15 is 0 Å². The number of nitrogens with one attached hydrogen (secondary N) is 2. The molecule has 1 amide bonds. The number of amides is 1. The van der Waals surface area contributed by atoms with Crippen LogP contribution in [0.15, 0.2) is 29.2 Å². The molecule has 2 fully saturated rings. The summed E-state index contributed by atoms with van der Waals surface area (Å²) in [5, 5.41) is 12.7. The number of nitriles is 1. The summed E-state index contributed by atoms with van der Waals surface area (Å²) in [6.45, 7) is 3.82. The van der Waals surface area contributed by atoms with Crippen LogP contribution in [0.3, 0.4) is 0 Å². The van der Waals surface area contributed by atoms with Crippen LogP contribution in [-0.2, 0) is 14.8 Å². The van der Waals surface area contributed by atoms with E-state index in [1.165, 1.54) is 16.4 Å². The summed E-state index contributed by atoms with van der Waals surface area (Å²) in [6, 6.07) is 8.35. The zero-order valence-corrected chi connectivity index (χ0v) is 16.8. The molecule has 1 aliphatic heterocycles. The molecule has 1 saturated carbocycles. The Morgan fingerprint density at radius 3 is 2.44 bits per heavy atom. The number of sulfonamides is 1. The maximum atomic E-state index is 12.7. The number of piperazine rings is 1.